The molecule has 1 aromatic rings. The molecule has 4 atom stereocenters. The molecule has 14 nitrogen and oxygen atoms in total. The molecule has 0 aliphatic carbocycles. The lowest BCUT2D eigenvalue weighted by Gasteiger charge is -2.25. The van der Waals surface area contributed by atoms with E-state index in [9.17, 15) is 34.2 Å². The quantitative estimate of drug-likeness (QED) is 0.0645. The number of carboxylic acids is 2. The molecule has 0 saturated heterocycles. The predicted molar refractivity (Wildman–Crippen MR) is 143 cm³/mol. The molecule has 0 aliphatic rings. The lowest BCUT2D eigenvalue weighted by molar-refractivity contribution is -0.143. The monoisotopic (exact) mass is 549 g/mol. The van der Waals surface area contributed by atoms with E-state index >= 15 is 0 Å². The van der Waals surface area contributed by atoms with Crippen LogP contribution in [0.25, 0.3) is 0 Å². The van der Waals surface area contributed by atoms with Crippen molar-refractivity contribution >= 4 is 35.6 Å². The summed E-state index contributed by atoms with van der Waals surface area (Å²) in [4.78, 5) is 65.7. The van der Waals surface area contributed by atoms with E-state index in [0.29, 0.717) is 12.0 Å². The molecule has 4 unspecified atom stereocenters. The maximum absolute atomic E-state index is 13.1. The molecule has 11 N–H and O–H groups in total. The van der Waals surface area contributed by atoms with Crippen molar-refractivity contribution in [2.75, 3.05) is 6.54 Å². The van der Waals surface area contributed by atoms with Crippen LogP contribution < -0.4 is 33.2 Å². The Kier molecular flexibility index (Phi) is 14.0. The van der Waals surface area contributed by atoms with Crippen LogP contribution >= 0.6 is 0 Å². The van der Waals surface area contributed by atoms with E-state index in [1.54, 1.807) is 30.3 Å². The number of nitrogens with zero attached hydrogens (tertiary/aromatic N) is 1. The summed E-state index contributed by atoms with van der Waals surface area (Å²) >= 11 is 0. The molecule has 1 rings (SSSR count). The van der Waals surface area contributed by atoms with E-state index in [1.165, 1.54) is 0 Å². The van der Waals surface area contributed by atoms with Gasteiger partial charge >= 0.3 is 11.9 Å². The number of benzene rings is 1. The molecule has 0 aliphatic heterocycles. The summed E-state index contributed by atoms with van der Waals surface area (Å²) in [7, 11) is 0. The highest BCUT2D eigenvalue weighted by molar-refractivity contribution is 5.95. The fourth-order valence-corrected chi connectivity index (χ4v) is 3.64. The minimum Gasteiger partial charge on any atom is -0.481 e. The highest BCUT2D eigenvalue weighted by Gasteiger charge is 2.31. The Morgan fingerprint density at radius 2 is 1.44 bits per heavy atom. The third kappa shape index (κ3) is 13.2. The minimum absolute atomic E-state index is 0.00731. The summed E-state index contributed by atoms with van der Waals surface area (Å²) < 4.78 is 0. The smallest absolute Gasteiger partial charge is 0.326 e. The molecule has 0 heterocycles. The van der Waals surface area contributed by atoms with Crippen LogP contribution in [0, 0.1) is 5.92 Å². The average molecular weight is 550 g/mol. The average Bonchev–Trinajstić information content (AvgIpc) is 2.84. The first kappa shape index (κ1) is 32.8. The van der Waals surface area contributed by atoms with E-state index < -0.39 is 60.2 Å². The summed E-state index contributed by atoms with van der Waals surface area (Å²) in [6.07, 6.45) is -0.252. The van der Waals surface area contributed by atoms with E-state index in [0.717, 1.165) is 0 Å². The van der Waals surface area contributed by atoms with Gasteiger partial charge in [0.1, 0.15) is 18.1 Å². The van der Waals surface area contributed by atoms with Crippen LogP contribution in [0.15, 0.2) is 35.3 Å². The number of nitrogens with one attached hydrogen (secondary N) is 3. The van der Waals surface area contributed by atoms with Crippen LogP contribution in [0.3, 0.4) is 0 Å². The minimum atomic E-state index is -1.53. The van der Waals surface area contributed by atoms with Crippen LogP contribution in [0.2, 0.25) is 0 Å². The number of hydrogen-bond acceptors (Lipinski definition) is 7. The van der Waals surface area contributed by atoms with Gasteiger partial charge in [0.2, 0.25) is 17.7 Å². The number of aliphatic imine (C=N–C) groups is 1. The summed E-state index contributed by atoms with van der Waals surface area (Å²) in [5, 5.41) is 26.1. The van der Waals surface area contributed by atoms with Gasteiger partial charge in [-0.15, -0.1) is 0 Å². The first-order valence-corrected chi connectivity index (χ1v) is 12.5. The number of carbonyl (C=O) groups is 5. The van der Waals surface area contributed by atoms with Crippen LogP contribution in [-0.4, -0.2) is 76.5 Å². The molecule has 14 heteroatoms. The SMILES string of the molecule is CC(C)CC(N)C(=O)NC(CC(=O)O)C(=O)NC(CCCN=C(N)N)C(=O)NC(Cc1ccccc1)C(=O)O. The lowest BCUT2D eigenvalue weighted by atomic mass is 10.0. The molecular weight excluding hydrogens is 510 g/mol. The molecule has 0 aromatic heterocycles. The molecule has 216 valence electrons. The molecular formula is C25H39N7O7. The first-order valence-electron chi connectivity index (χ1n) is 12.5. The van der Waals surface area contributed by atoms with Crippen molar-refractivity contribution in [2.24, 2.45) is 28.1 Å². The van der Waals surface area contributed by atoms with Gasteiger partial charge in [0, 0.05) is 13.0 Å². The molecule has 0 bridgehead atoms. The van der Waals surface area contributed by atoms with Crippen molar-refractivity contribution < 1.29 is 34.2 Å². The zero-order valence-electron chi connectivity index (χ0n) is 22.1. The van der Waals surface area contributed by atoms with Gasteiger partial charge in [-0.25, -0.2) is 4.79 Å². The van der Waals surface area contributed by atoms with Gasteiger partial charge in [0.25, 0.3) is 0 Å². The van der Waals surface area contributed by atoms with Crippen molar-refractivity contribution in [3.05, 3.63) is 35.9 Å². The van der Waals surface area contributed by atoms with Crippen molar-refractivity contribution in [1.29, 1.82) is 0 Å². The van der Waals surface area contributed by atoms with Crippen molar-refractivity contribution in [1.82, 2.24) is 16.0 Å². The Labute approximate surface area is 226 Å². The van der Waals surface area contributed by atoms with Crippen LogP contribution in [-0.2, 0) is 30.4 Å². The summed E-state index contributed by atoms with van der Waals surface area (Å²) in [6.45, 7) is 3.82. The molecule has 39 heavy (non-hydrogen) atoms. The normalized spacial score (nSPS) is 13.8. The number of nitrogens with two attached hydrogens (primary N) is 3. The number of carbonyl (C=O) groups excluding carboxylic acids is 3. The third-order valence-corrected chi connectivity index (χ3v) is 5.55. The highest BCUT2D eigenvalue weighted by atomic mass is 16.4. The first-order chi connectivity index (χ1) is 18.3. The molecule has 1 aromatic carbocycles. The van der Waals surface area contributed by atoms with Gasteiger partial charge < -0.3 is 43.4 Å². The number of guanidine groups is 1. The van der Waals surface area contributed by atoms with Crippen LogP contribution in [0.1, 0.15) is 45.1 Å². The van der Waals surface area contributed by atoms with E-state index in [4.69, 9.17) is 17.2 Å². The van der Waals surface area contributed by atoms with E-state index in [-0.39, 0.29) is 37.7 Å². The fourth-order valence-electron chi connectivity index (χ4n) is 3.64. The number of aliphatic carboxylic acids is 2. The number of hydrogen-bond donors (Lipinski definition) is 8. The van der Waals surface area contributed by atoms with Crippen LogP contribution in [0.4, 0.5) is 0 Å². The Bertz CT molecular complexity index is 1010. The Balaban J connectivity index is 3.08. The zero-order chi connectivity index (χ0) is 29.5. The van der Waals surface area contributed by atoms with Gasteiger partial charge in [0.15, 0.2) is 5.96 Å². The van der Waals surface area contributed by atoms with Crippen LogP contribution in [0.5, 0.6) is 0 Å². The lowest BCUT2D eigenvalue weighted by Crippen LogP contribution is -2.57. The Morgan fingerprint density at radius 3 is 1.97 bits per heavy atom. The second-order valence-electron chi connectivity index (χ2n) is 9.49. The molecule has 3 amide bonds. The number of carboxylic acid groups (broad SMARTS) is 2. The van der Waals surface area contributed by atoms with Crippen molar-refractivity contribution in [3.63, 3.8) is 0 Å². The summed E-state index contributed by atoms with van der Waals surface area (Å²) in [5.41, 5.74) is 17.2. The largest absolute Gasteiger partial charge is 0.481 e. The Hall–Kier alpha value is -4.20. The Morgan fingerprint density at radius 1 is 0.872 bits per heavy atom. The number of rotatable bonds is 17. The van der Waals surface area contributed by atoms with Gasteiger partial charge in [-0.3, -0.25) is 24.2 Å². The summed E-state index contributed by atoms with van der Waals surface area (Å²) in [5.74, 6) is -5.21. The van der Waals surface area contributed by atoms with Crippen molar-refractivity contribution in [2.45, 2.75) is 70.1 Å². The predicted octanol–water partition coefficient (Wildman–Crippen LogP) is -1.33. The molecule has 0 fully saturated rings. The topological polar surface area (TPSA) is 252 Å². The second kappa shape index (κ2) is 16.6. The van der Waals surface area contributed by atoms with Gasteiger partial charge in [-0.1, -0.05) is 44.2 Å². The van der Waals surface area contributed by atoms with Gasteiger partial charge in [0.05, 0.1) is 12.5 Å². The van der Waals surface area contributed by atoms with Gasteiger partial charge in [-0.05, 0) is 30.7 Å². The standard InChI is InChI=1S/C25H39N7O7/c1-14(2)11-16(26)21(35)31-18(13-20(33)34)23(37)30-17(9-6-10-29-25(27)28)22(36)32-19(24(38)39)12-15-7-4-3-5-8-15/h3-5,7-8,14,16-19H,6,9-13,26H2,1-2H3,(H,30,37)(H,31,35)(H,32,36)(H,33,34)(H,38,39)(H4,27,28,29). The zero-order valence-corrected chi connectivity index (χ0v) is 22.1. The second-order valence-corrected chi connectivity index (χ2v) is 9.49. The number of amides is 3. The van der Waals surface area contributed by atoms with E-state index in [2.05, 4.69) is 20.9 Å². The molecule has 0 spiro atoms. The van der Waals surface area contributed by atoms with Gasteiger partial charge in [-0.2, -0.15) is 0 Å². The molecule has 0 saturated carbocycles. The maximum atomic E-state index is 13.1. The summed E-state index contributed by atoms with van der Waals surface area (Å²) in [6, 6.07) is 3.56. The fraction of sp³-hybridized carbons (Fsp3) is 0.520. The third-order valence-electron chi connectivity index (χ3n) is 5.55. The highest BCUT2D eigenvalue weighted by Crippen LogP contribution is 2.07. The van der Waals surface area contributed by atoms with E-state index in [1.807, 2.05) is 13.8 Å². The molecule has 0 radical (unpaired) electrons. The maximum Gasteiger partial charge on any atom is 0.326 e. The van der Waals surface area contributed by atoms with Crippen molar-refractivity contribution in [3.8, 4) is 0 Å².